The van der Waals surface area contributed by atoms with E-state index >= 15 is 0 Å². The molecule has 0 spiro atoms. The molecule has 3 N–H and O–H groups in total. The van der Waals surface area contributed by atoms with E-state index < -0.39 is 0 Å². The van der Waals surface area contributed by atoms with Crippen LogP contribution in [-0.4, -0.2) is 50.6 Å². The van der Waals surface area contributed by atoms with Crippen LogP contribution in [0, 0.1) is 0 Å². The molecule has 0 aromatic heterocycles. The van der Waals surface area contributed by atoms with Crippen LogP contribution in [-0.2, 0) is 4.79 Å². The van der Waals surface area contributed by atoms with E-state index in [9.17, 15) is 9.59 Å². The first-order valence-electron chi connectivity index (χ1n) is 6.20. The second-order valence-corrected chi connectivity index (χ2v) is 4.80. The Balaban J connectivity index is 2.16. The van der Waals surface area contributed by atoms with Gasteiger partial charge in [-0.2, -0.15) is 0 Å². The molecule has 0 atom stereocenters. The monoisotopic (exact) mass is 298 g/mol. The average Bonchev–Trinajstić information content (AvgIpc) is 2.37. The van der Waals surface area contributed by atoms with Gasteiger partial charge in [0.05, 0.1) is 6.54 Å². The van der Waals surface area contributed by atoms with Gasteiger partial charge in [-0.15, -0.1) is 0 Å². The number of nitrogens with zero attached hydrogens (tertiary/aromatic N) is 1. The van der Waals surface area contributed by atoms with Crippen molar-refractivity contribution in [3.05, 3.63) is 29.3 Å². The topological polar surface area (TPSA) is 73.5 Å². The summed E-state index contributed by atoms with van der Waals surface area (Å²) in [5.74, 6) is -0.161. The molecule has 20 heavy (non-hydrogen) atoms. The van der Waals surface area contributed by atoms with E-state index in [0.717, 1.165) is 0 Å². The van der Waals surface area contributed by atoms with Gasteiger partial charge in [0.25, 0.3) is 0 Å². The summed E-state index contributed by atoms with van der Waals surface area (Å²) in [6.07, 6.45) is 0. The third kappa shape index (κ3) is 6.40. The number of carbonyl (C=O) groups excluding carboxylic acids is 2. The van der Waals surface area contributed by atoms with E-state index in [-0.39, 0.29) is 18.5 Å². The van der Waals surface area contributed by atoms with E-state index in [2.05, 4.69) is 16.0 Å². The smallest absolute Gasteiger partial charge is 0.316 e. The minimum atomic E-state index is -0.161. The van der Waals surface area contributed by atoms with Crippen molar-refractivity contribution in [1.82, 2.24) is 15.5 Å². The Morgan fingerprint density at radius 2 is 2.00 bits per heavy atom. The van der Waals surface area contributed by atoms with Gasteiger partial charge in [0, 0.05) is 37.9 Å². The van der Waals surface area contributed by atoms with E-state index in [0.29, 0.717) is 23.8 Å². The normalized spacial score (nSPS) is 9.95. The molecule has 0 heterocycles. The molecule has 0 fully saturated rings. The van der Waals surface area contributed by atoms with E-state index in [1.807, 2.05) is 0 Å². The minimum absolute atomic E-state index is 0.157. The molecule has 0 bridgehead atoms. The molecule has 0 aliphatic carbocycles. The molecule has 0 unspecified atom stereocenters. The first kappa shape index (κ1) is 16.3. The summed E-state index contributed by atoms with van der Waals surface area (Å²) in [7, 11) is 3.34. The summed E-state index contributed by atoms with van der Waals surface area (Å²) in [5, 5.41) is 8.92. The molecule has 1 rings (SSSR count). The van der Waals surface area contributed by atoms with Crippen molar-refractivity contribution in [2.24, 2.45) is 0 Å². The van der Waals surface area contributed by atoms with Crippen LogP contribution in [0.3, 0.4) is 0 Å². The second kappa shape index (κ2) is 8.39. The molecule has 0 saturated carbocycles. The van der Waals surface area contributed by atoms with Gasteiger partial charge in [-0.3, -0.25) is 4.79 Å². The fraction of sp³-hybridized carbons (Fsp3) is 0.385. The summed E-state index contributed by atoms with van der Waals surface area (Å²) < 4.78 is 0. The highest BCUT2D eigenvalue weighted by atomic mass is 35.5. The minimum Gasteiger partial charge on any atom is -0.337 e. The highest BCUT2D eigenvalue weighted by molar-refractivity contribution is 6.30. The van der Waals surface area contributed by atoms with Gasteiger partial charge in [-0.1, -0.05) is 17.7 Å². The summed E-state index contributed by atoms with van der Waals surface area (Å²) in [5.41, 5.74) is 0.658. The van der Waals surface area contributed by atoms with Gasteiger partial charge in [0.1, 0.15) is 0 Å². The van der Waals surface area contributed by atoms with Crippen LogP contribution in [0.1, 0.15) is 0 Å². The third-order valence-electron chi connectivity index (χ3n) is 2.38. The molecular formula is C13H19ClN4O2. The SMILES string of the molecule is CN(C)C(=O)NCCNCC(=O)Nc1cccc(Cl)c1. The molecule has 0 aliphatic rings. The Kier molecular flexibility index (Phi) is 6.83. The molecule has 110 valence electrons. The van der Waals surface area contributed by atoms with E-state index in [1.165, 1.54) is 4.90 Å². The third-order valence-corrected chi connectivity index (χ3v) is 2.61. The molecule has 0 saturated heterocycles. The zero-order valence-corrected chi connectivity index (χ0v) is 12.3. The summed E-state index contributed by atoms with van der Waals surface area (Å²) in [6.45, 7) is 1.15. The summed E-state index contributed by atoms with van der Waals surface area (Å²) in [6, 6.07) is 6.79. The number of carbonyl (C=O) groups is 2. The van der Waals surface area contributed by atoms with Gasteiger partial charge < -0.3 is 20.9 Å². The van der Waals surface area contributed by atoms with Gasteiger partial charge >= 0.3 is 6.03 Å². The first-order valence-corrected chi connectivity index (χ1v) is 6.58. The lowest BCUT2D eigenvalue weighted by molar-refractivity contribution is -0.115. The molecule has 0 radical (unpaired) electrons. The number of hydrogen-bond acceptors (Lipinski definition) is 3. The highest BCUT2D eigenvalue weighted by Gasteiger charge is 2.03. The quantitative estimate of drug-likeness (QED) is 0.690. The molecule has 7 heteroatoms. The van der Waals surface area contributed by atoms with Crippen molar-refractivity contribution in [2.75, 3.05) is 39.0 Å². The fourth-order valence-electron chi connectivity index (χ4n) is 1.39. The number of anilines is 1. The summed E-state index contributed by atoms with van der Waals surface area (Å²) in [4.78, 5) is 24.3. The van der Waals surface area contributed by atoms with Gasteiger partial charge in [0.15, 0.2) is 0 Å². The number of nitrogens with one attached hydrogen (secondary N) is 3. The van der Waals surface area contributed by atoms with Crippen molar-refractivity contribution < 1.29 is 9.59 Å². The van der Waals surface area contributed by atoms with Crippen LogP contribution in [0.5, 0.6) is 0 Å². The Bertz CT molecular complexity index is 465. The van der Waals surface area contributed by atoms with Crippen LogP contribution in [0.15, 0.2) is 24.3 Å². The Morgan fingerprint density at radius 3 is 2.65 bits per heavy atom. The predicted octanol–water partition coefficient (Wildman–Crippen LogP) is 1.14. The Morgan fingerprint density at radius 1 is 1.25 bits per heavy atom. The van der Waals surface area contributed by atoms with Crippen LogP contribution < -0.4 is 16.0 Å². The largest absolute Gasteiger partial charge is 0.337 e. The molecule has 1 aromatic rings. The maximum absolute atomic E-state index is 11.6. The molecule has 6 nitrogen and oxygen atoms in total. The number of rotatable bonds is 6. The Hall–Kier alpha value is -1.79. The van der Waals surface area contributed by atoms with Crippen molar-refractivity contribution >= 4 is 29.2 Å². The average molecular weight is 299 g/mol. The van der Waals surface area contributed by atoms with Crippen LogP contribution >= 0.6 is 11.6 Å². The maximum Gasteiger partial charge on any atom is 0.316 e. The number of urea groups is 1. The van der Waals surface area contributed by atoms with Gasteiger partial charge in [-0.05, 0) is 18.2 Å². The molecule has 3 amide bonds. The molecular weight excluding hydrogens is 280 g/mol. The Labute approximate surface area is 123 Å². The van der Waals surface area contributed by atoms with Crippen molar-refractivity contribution in [2.45, 2.75) is 0 Å². The highest BCUT2D eigenvalue weighted by Crippen LogP contribution is 2.14. The number of halogens is 1. The number of benzene rings is 1. The van der Waals surface area contributed by atoms with Gasteiger partial charge in [-0.25, -0.2) is 4.79 Å². The summed E-state index contributed by atoms with van der Waals surface area (Å²) >= 11 is 5.82. The number of amides is 3. The van der Waals surface area contributed by atoms with Crippen molar-refractivity contribution in [3.63, 3.8) is 0 Å². The molecule has 0 aliphatic heterocycles. The van der Waals surface area contributed by atoms with Crippen LogP contribution in [0.25, 0.3) is 0 Å². The first-order chi connectivity index (χ1) is 9.49. The molecule has 1 aromatic carbocycles. The lowest BCUT2D eigenvalue weighted by Gasteiger charge is -2.12. The van der Waals surface area contributed by atoms with Crippen molar-refractivity contribution in [1.29, 1.82) is 0 Å². The lowest BCUT2D eigenvalue weighted by atomic mass is 10.3. The predicted molar refractivity (Wildman–Crippen MR) is 80.0 cm³/mol. The van der Waals surface area contributed by atoms with E-state index in [4.69, 9.17) is 11.6 Å². The second-order valence-electron chi connectivity index (χ2n) is 4.36. The zero-order valence-electron chi connectivity index (χ0n) is 11.6. The van der Waals surface area contributed by atoms with Crippen molar-refractivity contribution in [3.8, 4) is 0 Å². The maximum atomic E-state index is 11.6. The lowest BCUT2D eigenvalue weighted by Crippen LogP contribution is -2.39. The van der Waals surface area contributed by atoms with Crippen LogP contribution in [0.2, 0.25) is 5.02 Å². The zero-order chi connectivity index (χ0) is 15.0. The standard InChI is InChI=1S/C13H19ClN4O2/c1-18(2)13(20)16-7-6-15-9-12(19)17-11-5-3-4-10(14)8-11/h3-5,8,15H,6-7,9H2,1-2H3,(H,16,20)(H,17,19). The van der Waals surface area contributed by atoms with Crippen LogP contribution in [0.4, 0.5) is 10.5 Å². The van der Waals surface area contributed by atoms with Gasteiger partial charge in [0.2, 0.25) is 5.91 Å². The fourth-order valence-corrected chi connectivity index (χ4v) is 1.58. The van der Waals surface area contributed by atoms with E-state index in [1.54, 1.807) is 38.4 Å². The number of hydrogen-bond donors (Lipinski definition) is 3.